The minimum absolute atomic E-state index is 0. The van der Waals surface area contributed by atoms with Crippen molar-refractivity contribution in [1.82, 2.24) is 4.90 Å². The zero-order valence-electron chi connectivity index (χ0n) is 10.9. The van der Waals surface area contributed by atoms with E-state index in [2.05, 4.69) is 4.99 Å². The molecule has 1 saturated heterocycles. The molecule has 2 N–H and O–H groups in total. The van der Waals surface area contributed by atoms with E-state index >= 15 is 0 Å². The first kappa shape index (κ1) is 16.9. The Morgan fingerprint density at radius 2 is 2.00 bits per heavy atom. The zero-order valence-corrected chi connectivity index (χ0v) is 13.3. The fraction of sp³-hybridized carbons (Fsp3) is 0.909. The van der Waals surface area contributed by atoms with Crippen molar-refractivity contribution in [3.63, 3.8) is 0 Å². The van der Waals surface area contributed by atoms with Gasteiger partial charge in [-0.25, -0.2) is 0 Å². The summed E-state index contributed by atoms with van der Waals surface area (Å²) in [6.45, 7) is 10.4. The number of aliphatic imine (C=N–C) groups is 1. The molecule has 0 bridgehead atoms. The Morgan fingerprint density at radius 1 is 1.41 bits per heavy atom. The average Bonchev–Trinajstić information content (AvgIpc) is 2.27. The van der Waals surface area contributed by atoms with E-state index in [4.69, 9.17) is 15.2 Å². The van der Waals surface area contributed by atoms with E-state index in [0.29, 0.717) is 19.1 Å². The second-order valence-corrected chi connectivity index (χ2v) is 4.47. The highest BCUT2D eigenvalue weighted by Gasteiger charge is 2.18. The van der Waals surface area contributed by atoms with Crippen molar-refractivity contribution in [2.24, 2.45) is 10.7 Å². The number of halogens is 1. The predicted molar refractivity (Wildman–Crippen MR) is 80.0 cm³/mol. The predicted octanol–water partition coefficient (Wildman–Crippen LogP) is 1.07. The van der Waals surface area contributed by atoms with Crippen molar-refractivity contribution >= 4 is 29.9 Å². The van der Waals surface area contributed by atoms with Gasteiger partial charge in [0.15, 0.2) is 5.96 Å². The highest BCUT2D eigenvalue weighted by molar-refractivity contribution is 14.0. The molecule has 1 fully saturated rings. The van der Waals surface area contributed by atoms with Crippen LogP contribution >= 0.6 is 24.0 Å². The Hall–Kier alpha value is -0.0800. The van der Waals surface area contributed by atoms with Crippen LogP contribution in [0.2, 0.25) is 0 Å². The molecule has 1 aliphatic heterocycles. The lowest BCUT2D eigenvalue weighted by molar-refractivity contribution is -0.00247. The quantitative estimate of drug-likeness (QED) is 0.465. The molecule has 102 valence electrons. The van der Waals surface area contributed by atoms with Gasteiger partial charge in [-0.2, -0.15) is 0 Å². The lowest BCUT2D eigenvalue weighted by Gasteiger charge is -2.29. The molecule has 5 nitrogen and oxygen atoms in total. The minimum Gasteiger partial charge on any atom is -0.378 e. The molecule has 17 heavy (non-hydrogen) atoms. The molecule has 0 spiro atoms. The molecule has 0 amide bonds. The molecule has 0 aromatic carbocycles. The molecule has 0 atom stereocenters. The Kier molecular flexibility index (Phi) is 8.06. The summed E-state index contributed by atoms with van der Waals surface area (Å²) in [6.07, 6.45) is 0. The highest BCUT2D eigenvalue weighted by atomic mass is 127. The van der Waals surface area contributed by atoms with Gasteiger partial charge < -0.3 is 20.1 Å². The molecule has 0 radical (unpaired) electrons. The van der Waals surface area contributed by atoms with Gasteiger partial charge in [-0.05, 0) is 20.8 Å². The summed E-state index contributed by atoms with van der Waals surface area (Å²) in [4.78, 5) is 6.43. The van der Waals surface area contributed by atoms with Crippen LogP contribution in [0.15, 0.2) is 4.99 Å². The van der Waals surface area contributed by atoms with Crippen LogP contribution in [0.25, 0.3) is 0 Å². The molecule has 0 unspecified atom stereocenters. The van der Waals surface area contributed by atoms with Crippen LogP contribution in [0, 0.1) is 0 Å². The summed E-state index contributed by atoms with van der Waals surface area (Å²) in [7, 11) is 0. The smallest absolute Gasteiger partial charge is 0.191 e. The van der Waals surface area contributed by atoms with Crippen LogP contribution < -0.4 is 5.73 Å². The molecular weight excluding hydrogens is 333 g/mol. The van der Waals surface area contributed by atoms with Crippen molar-refractivity contribution in [2.45, 2.75) is 26.4 Å². The van der Waals surface area contributed by atoms with Crippen LogP contribution in [0.3, 0.4) is 0 Å². The number of hydrogen-bond donors (Lipinski definition) is 1. The van der Waals surface area contributed by atoms with E-state index in [1.807, 2.05) is 25.7 Å². The maximum atomic E-state index is 5.92. The third kappa shape index (κ3) is 6.42. The number of nitrogens with zero attached hydrogens (tertiary/aromatic N) is 2. The van der Waals surface area contributed by atoms with Crippen molar-refractivity contribution < 1.29 is 9.47 Å². The monoisotopic (exact) mass is 357 g/mol. The molecule has 0 aromatic rings. The Morgan fingerprint density at radius 3 is 2.53 bits per heavy atom. The van der Waals surface area contributed by atoms with E-state index in [1.54, 1.807) is 0 Å². The summed E-state index contributed by atoms with van der Waals surface area (Å²) in [5.74, 6) is 0.594. The maximum Gasteiger partial charge on any atom is 0.191 e. The zero-order chi connectivity index (χ0) is 12.0. The fourth-order valence-corrected chi connectivity index (χ4v) is 1.60. The molecule has 1 aliphatic rings. The van der Waals surface area contributed by atoms with Crippen LogP contribution in [-0.4, -0.2) is 55.9 Å². The van der Waals surface area contributed by atoms with Gasteiger partial charge in [-0.15, -0.1) is 24.0 Å². The van der Waals surface area contributed by atoms with Gasteiger partial charge in [0, 0.05) is 19.7 Å². The summed E-state index contributed by atoms with van der Waals surface area (Å²) in [5, 5.41) is 0. The van der Waals surface area contributed by atoms with E-state index in [-0.39, 0.29) is 29.6 Å². The van der Waals surface area contributed by atoms with Crippen molar-refractivity contribution in [3.05, 3.63) is 0 Å². The second-order valence-electron chi connectivity index (χ2n) is 4.47. The summed E-state index contributed by atoms with van der Waals surface area (Å²) < 4.78 is 10.8. The first-order valence-electron chi connectivity index (χ1n) is 5.82. The van der Waals surface area contributed by atoms with Crippen LogP contribution in [0.5, 0.6) is 0 Å². The van der Waals surface area contributed by atoms with Gasteiger partial charge in [0.25, 0.3) is 0 Å². The Labute approximate surface area is 121 Å². The molecule has 0 aromatic heterocycles. The van der Waals surface area contributed by atoms with E-state index in [1.165, 1.54) is 0 Å². The number of guanidine groups is 1. The van der Waals surface area contributed by atoms with Gasteiger partial charge in [0.2, 0.25) is 0 Å². The highest BCUT2D eigenvalue weighted by Crippen LogP contribution is 2.09. The van der Waals surface area contributed by atoms with Gasteiger partial charge in [-0.3, -0.25) is 4.99 Å². The molecule has 1 heterocycles. The largest absolute Gasteiger partial charge is 0.378 e. The van der Waals surface area contributed by atoms with Crippen LogP contribution in [0.4, 0.5) is 0 Å². The molecule has 1 rings (SSSR count). The molecule has 0 saturated carbocycles. The lowest BCUT2D eigenvalue weighted by Crippen LogP contribution is -2.45. The van der Waals surface area contributed by atoms with Gasteiger partial charge in [-0.1, -0.05) is 0 Å². The Balaban J connectivity index is 0.00000256. The number of ether oxygens (including phenoxy) is 2. The van der Waals surface area contributed by atoms with Crippen molar-refractivity contribution in [2.75, 3.05) is 39.5 Å². The first-order valence-corrected chi connectivity index (χ1v) is 5.82. The molecular formula is C11H24IN3O2. The van der Waals surface area contributed by atoms with Gasteiger partial charge in [0.05, 0.1) is 25.4 Å². The maximum absolute atomic E-state index is 5.92. The topological polar surface area (TPSA) is 60.1 Å². The first-order chi connectivity index (χ1) is 7.55. The third-order valence-electron chi connectivity index (χ3n) is 2.49. The number of nitrogens with two attached hydrogens (primary N) is 1. The Bertz CT molecular complexity index is 241. The SMILES string of the molecule is CCOC(C)(C)CN=C(N)N1CCOCC1.I. The summed E-state index contributed by atoms with van der Waals surface area (Å²) in [5.41, 5.74) is 5.67. The van der Waals surface area contributed by atoms with Gasteiger partial charge in [0.1, 0.15) is 0 Å². The van der Waals surface area contributed by atoms with Gasteiger partial charge >= 0.3 is 0 Å². The lowest BCUT2D eigenvalue weighted by atomic mass is 10.1. The number of hydrogen-bond acceptors (Lipinski definition) is 3. The summed E-state index contributed by atoms with van der Waals surface area (Å²) >= 11 is 0. The van der Waals surface area contributed by atoms with Crippen molar-refractivity contribution in [3.8, 4) is 0 Å². The summed E-state index contributed by atoms with van der Waals surface area (Å²) in [6, 6.07) is 0. The number of morpholine rings is 1. The molecule has 6 heteroatoms. The average molecular weight is 357 g/mol. The van der Waals surface area contributed by atoms with Crippen LogP contribution in [0.1, 0.15) is 20.8 Å². The molecule has 0 aliphatic carbocycles. The standard InChI is InChI=1S/C11H23N3O2.HI/c1-4-16-11(2,3)9-13-10(12)14-5-7-15-8-6-14;/h4-9H2,1-3H3,(H2,12,13);1H. The van der Waals surface area contributed by atoms with E-state index in [0.717, 1.165) is 26.3 Å². The van der Waals surface area contributed by atoms with E-state index < -0.39 is 0 Å². The number of rotatable bonds is 4. The third-order valence-corrected chi connectivity index (χ3v) is 2.49. The second kappa shape index (κ2) is 8.10. The normalized spacial score (nSPS) is 17.8. The van der Waals surface area contributed by atoms with Crippen LogP contribution in [-0.2, 0) is 9.47 Å². The van der Waals surface area contributed by atoms with E-state index in [9.17, 15) is 0 Å². The minimum atomic E-state index is -0.244. The fourth-order valence-electron chi connectivity index (χ4n) is 1.60. The van der Waals surface area contributed by atoms with Crippen molar-refractivity contribution in [1.29, 1.82) is 0 Å².